The summed E-state index contributed by atoms with van der Waals surface area (Å²) in [7, 11) is 0. The third-order valence-electron chi connectivity index (χ3n) is 6.51. The third-order valence-corrected chi connectivity index (χ3v) is 6.51. The SMILES string of the molecule is Nc1ccccc1Oc1ccc(-c2cc3cccccc-3c2-c2ccc(Oc3ccccc3N)cc2)cc1. The van der Waals surface area contributed by atoms with Gasteiger partial charge in [-0.1, -0.05) is 78.9 Å². The maximum atomic E-state index is 6.05. The van der Waals surface area contributed by atoms with Crippen molar-refractivity contribution >= 4 is 11.4 Å². The molecule has 0 heterocycles. The van der Waals surface area contributed by atoms with Gasteiger partial charge in [0, 0.05) is 0 Å². The molecule has 0 amide bonds. The van der Waals surface area contributed by atoms with Crippen LogP contribution in [-0.4, -0.2) is 0 Å². The topological polar surface area (TPSA) is 70.5 Å². The van der Waals surface area contributed by atoms with Crippen LogP contribution in [0.25, 0.3) is 33.4 Å². The Morgan fingerprint density at radius 3 is 1.47 bits per heavy atom. The van der Waals surface area contributed by atoms with Crippen molar-refractivity contribution in [2.75, 3.05) is 11.5 Å². The lowest BCUT2D eigenvalue weighted by atomic mass is 9.96. The highest BCUT2D eigenvalue weighted by atomic mass is 16.5. The average Bonchev–Trinajstić information content (AvgIpc) is 3.14. The number of fused-ring (bicyclic) bond motifs is 1. The van der Waals surface area contributed by atoms with Crippen LogP contribution >= 0.6 is 0 Å². The number of nitrogens with two attached hydrogens (primary N) is 2. The second-order valence-electron chi connectivity index (χ2n) is 9.04. The minimum absolute atomic E-state index is 0.607. The van der Waals surface area contributed by atoms with Crippen LogP contribution < -0.4 is 20.9 Å². The Morgan fingerprint density at radius 2 is 0.895 bits per heavy atom. The minimum atomic E-state index is 0.607. The molecule has 4 nitrogen and oxygen atoms in total. The van der Waals surface area contributed by atoms with Gasteiger partial charge < -0.3 is 20.9 Å². The molecule has 38 heavy (non-hydrogen) atoms. The quantitative estimate of drug-likeness (QED) is 0.227. The molecule has 4 N–H and O–H groups in total. The molecule has 0 saturated heterocycles. The van der Waals surface area contributed by atoms with E-state index < -0.39 is 0 Å². The summed E-state index contributed by atoms with van der Waals surface area (Å²) >= 11 is 0. The molecule has 0 fully saturated rings. The second-order valence-corrected chi connectivity index (χ2v) is 9.04. The third kappa shape index (κ3) is 4.63. The maximum Gasteiger partial charge on any atom is 0.150 e. The number of ether oxygens (including phenoxy) is 2. The zero-order valence-electron chi connectivity index (χ0n) is 20.7. The molecule has 0 unspecified atom stereocenters. The van der Waals surface area contributed by atoms with Crippen LogP contribution in [-0.2, 0) is 0 Å². The molecule has 184 valence electrons. The molecule has 0 saturated carbocycles. The molecule has 4 aromatic carbocycles. The van der Waals surface area contributed by atoms with Gasteiger partial charge >= 0.3 is 0 Å². The van der Waals surface area contributed by atoms with Crippen LogP contribution in [0.3, 0.4) is 0 Å². The van der Waals surface area contributed by atoms with Gasteiger partial charge in [-0.05, 0) is 88.0 Å². The van der Waals surface area contributed by atoms with Crippen molar-refractivity contribution in [3.63, 3.8) is 0 Å². The lowest BCUT2D eigenvalue weighted by Crippen LogP contribution is -1.91. The summed E-state index contributed by atoms with van der Waals surface area (Å²) in [4.78, 5) is 0. The number of para-hydroxylation sites is 4. The van der Waals surface area contributed by atoms with E-state index in [-0.39, 0.29) is 0 Å². The van der Waals surface area contributed by atoms with Crippen molar-refractivity contribution in [1.82, 2.24) is 0 Å². The lowest BCUT2D eigenvalue weighted by Gasteiger charge is -2.12. The van der Waals surface area contributed by atoms with Crippen LogP contribution in [0, 0.1) is 0 Å². The van der Waals surface area contributed by atoms with E-state index in [0.717, 1.165) is 28.2 Å². The number of benzene rings is 4. The van der Waals surface area contributed by atoms with Crippen molar-refractivity contribution in [2.45, 2.75) is 0 Å². The van der Waals surface area contributed by atoms with Crippen molar-refractivity contribution in [3.8, 4) is 56.4 Å². The minimum Gasteiger partial charge on any atom is -0.455 e. The van der Waals surface area contributed by atoms with Crippen molar-refractivity contribution in [3.05, 3.63) is 133 Å². The van der Waals surface area contributed by atoms with E-state index in [1.807, 2.05) is 78.9 Å². The van der Waals surface area contributed by atoms with E-state index in [1.165, 1.54) is 16.7 Å². The highest BCUT2D eigenvalue weighted by Gasteiger charge is 2.18. The van der Waals surface area contributed by atoms with E-state index in [9.17, 15) is 0 Å². The summed E-state index contributed by atoms with van der Waals surface area (Å²) in [6, 6.07) is 44.0. The molecule has 0 aromatic heterocycles. The van der Waals surface area contributed by atoms with Gasteiger partial charge in [-0.25, -0.2) is 0 Å². The monoisotopic (exact) mass is 494 g/mol. The van der Waals surface area contributed by atoms with E-state index in [1.54, 1.807) is 0 Å². The van der Waals surface area contributed by atoms with Crippen LogP contribution in [0.1, 0.15) is 0 Å². The smallest absolute Gasteiger partial charge is 0.150 e. The van der Waals surface area contributed by atoms with Crippen molar-refractivity contribution < 1.29 is 9.47 Å². The molecule has 6 rings (SSSR count). The average molecular weight is 495 g/mol. The Bertz CT molecular complexity index is 1670. The predicted molar refractivity (Wildman–Crippen MR) is 156 cm³/mol. The Labute approximate surface area is 222 Å². The molecule has 4 heteroatoms. The van der Waals surface area contributed by atoms with Crippen LogP contribution in [0.2, 0.25) is 0 Å². The van der Waals surface area contributed by atoms with E-state index in [0.29, 0.717) is 22.9 Å². The first-order valence-corrected chi connectivity index (χ1v) is 12.4. The normalized spacial score (nSPS) is 10.8. The Balaban J connectivity index is 1.36. The Hall–Kier alpha value is -5.22. The number of hydrogen-bond donors (Lipinski definition) is 2. The summed E-state index contributed by atoms with van der Waals surface area (Å²) in [6.45, 7) is 0. The fourth-order valence-electron chi connectivity index (χ4n) is 4.62. The lowest BCUT2D eigenvalue weighted by molar-refractivity contribution is 0.485. The highest BCUT2D eigenvalue weighted by Crippen LogP contribution is 2.45. The van der Waals surface area contributed by atoms with Gasteiger partial charge in [-0.3, -0.25) is 0 Å². The van der Waals surface area contributed by atoms with Gasteiger partial charge in [0.15, 0.2) is 0 Å². The molecule has 0 bridgehead atoms. The van der Waals surface area contributed by atoms with Gasteiger partial charge in [0.2, 0.25) is 0 Å². The summed E-state index contributed by atoms with van der Waals surface area (Å²) in [5.41, 5.74) is 20.2. The van der Waals surface area contributed by atoms with Gasteiger partial charge in [0.05, 0.1) is 11.4 Å². The van der Waals surface area contributed by atoms with Gasteiger partial charge in [0.25, 0.3) is 0 Å². The number of anilines is 2. The summed E-state index contributed by atoms with van der Waals surface area (Å²) in [5, 5.41) is 0. The Kier molecular flexibility index (Phi) is 6.12. The Morgan fingerprint density at radius 1 is 0.395 bits per heavy atom. The van der Waals surface area contributed by atoms with E-state index in [2.05, 4.69) is 54.6 Å². The molecule has 0 spiro atoms. The van der Waals surface area contributed by atoms with Crippen molar-refractivity contribution in [2.24, 2.45) is 0 Å². The molecule has 4 aromatic rings. The summed E-state index contributed by atoms with van der Waals surface area (Å²) < 4.78 is 12.0. The van der Waals surface area contributed by atoms with Crippen LogP contribution in [0.5, 0.6) is 23.0 Å². The molecule has 0 aliphatic heterocycles. The fraction of sp³-hybridized carbons (Fsp3) is 0. The van der Waals surface area contributed by atoms with Gasteiger partial charge in [-0.2, -0.15) is 0 Å². The van der Waals surface area contributed by atoms with Crippen LogP contribution in [0.4, 0.5) is 11.4 Å². The standard InChI is InChI=1S/C34H26N2O2/c35-30-10-4-6-12-32(30)37-26-18-14-23(15-19-26)29-22-25-8-2-1-3-9-28(25)34(29)24-16-20-27(21-17-24)38-33-13-7-5-11-31(33)36/h1-22H,35-36H2. The van der Waals surface area contributed by atoms with E-state index in [4.69, 9.17) is 20.9 Å². The summed E-state index contributed by atoms with van der Waals surface area (Å²) in [6.07, 6.45) is 0. The zero-order valence-corrected chi connectivity index (χ0v) is 20.7. The molecular formula is C34H26N2O2. The highest BCUT2D eigenvalue weighted by molar-refractivity contribution is 5.99. The first-order valence-electron chi connectivity index (χ1n) is 12.4. The summed E-state index contributed by atoms with van der Waals surface area (Å²) in [5.74, 6) is 2.76. The molecule has 0 radical (unpaired) electrons. The molecular weight excluding hydrogens is 468 g/mol. The first-order chi connectivity index (χ1) is 18.7. The van der Waals surface area contributed by atoms with Crippen LogP contribution in [0.15, 0.2) is 133 Å². The predicted octanol–water partition coefficient (Wildman–Crippen LogP) is 8.87. The zero-order chi connectivity index (χ0) is 25.9. The maximum absolute atomic E-state index is 6.05. The molecule has 0 atom stereocenters. The molecule has 2 aliphatic rings. The van der Waals surface area contributed by atoms with Gasteiger partial charge in [-0.15, -0.1) is 0 Å². The number of rotatable bonds is 6. The van der Waals surface area contributed by atoms with Gasteiger partial charge in [0.1, 0.15) is 23.0 Å². The second kappa shape index (κ2) is 10.0. The number of hydrogen-bond acceptors (Lipinski definition) is 4. The van der Waals surface area contributed by atoms with E-state index >= 15 is 0 Å². The fourth-order valence-corrected chi connectivity index (χ4v) is 4.62. The largest absolute Gasteiger partial charge is 0.455 e. The number of nitrogen functional groups attached to an aromatic ring is 2. The van der Waals surface area contributed by atoms with Crippen molar-refractivity contribution in [1.29, 1.82) is 0 Å². The first kappa shape index (κ1) is 23.2. The molecule has 2 aliphatic carbocycles.